The Morgan fingerprint density at radius 3 is 2.42 bits per heavy atom. The molecule has 2 aromatic carbocycles. The fourth-order valence-electron chi connectivity index (χ4n) is 3.26. The molecule has 1 heterocycles. The summed E-state index contributed by atoms with van der Waals surface area (Å²) in [6, 6.07) is 15.8. The highest BCUT2D eigenvalue weighted by Crippen LogP contribution is 2.33. The molecule has 126 valence electrons. The van der Waals surface area contributed by atoms with Crippen molar-refractivity contribution in [2.24, 2.45) is 0 Å². The van der Waals surface area contributed by atoms with Crippen LogP contribution >= 0.6 is 0 Å². The fourth-order valence-corrected chi connectivity index (χ4v) is 3.26. The standard InChI is InChI=1S/C20H23NO3/c1-23-14-15-5-7-17(8-6-15)20(22)21-13-3-4-19(21)16-9-11-18(24-2)12-10-16/h5-12,19H,3-4,13-14H2,1-2H3/t19-/m1/s1. The SMILES string of the molecule is COCc1ccc(C(=O)N2CCC[C@@H]2c2ccc(OC)cc2)cc1. The Morgan fingerprint density at radius 1 is 1.08 bits per heavy atom. The predicted molar refractivity (Wildman–Crippen MR) is 93.2 cm³/mol. The summed E-state index contributed by atoms with van der Waals surface area (Å²) < 4.78 is 10.3. The van der Waals surface area contributed by atoms with Crippen molar-refractivity contribution in [2.75, 3.05) is 20.8 Å². The van der Waals surface area contributed by atoms with Crippen molar-refractivity contribution < 1.29 is 14.3 Å². The quantitative estimate of drug-likeness (QED) is 0.839. The molecule has 1 aliphatic rings. The lowest BCUT2D eigenvalue weighted by Crippen LogP contribution is -2.30. The van der Waals surface area contributed by atoms with Gasteiger partial charge in [-0.25, -0.2) is 0 Å². The van der Waals surface area contributed by atoms with Crippen LogP contribution in [0.2, 0.25) is 0 Å². The number of ether oxygens (including phenoxy) is 2. The molecule has 4 heteroatoms. The minimum atomic E-state index is 0.0947. The molecule has 2 aromatic rings. The molecule has 24 heavy (non-hydrogen) atoms. The summed E-state index contributed by atoms with van der Waals surface area (Å²) in [5, 5.41) is 0. The number of carbonyl (C=O) groups is 1. The Hall–Kier alpha value is -2.33. The molecule has 1 fully saturated rings. The Kier molecular flexibility index (Phi) is 5.16. The van der Waals surface area contributed by atoms with Crippen LogP contribution in [0.3, 0.4) is 0 Å². The van der Waals surface area contributed by atoms with Crippen molar-refractivity contribution in [3.05, 3.63) is 65.2 Å². The van der Waals surface area contributed by atoms with Crippen molar-refractivity contribution in [1.29, 1.82) is 0 Å². The molecular weight excluding hydrogens is 302 g/mol. The third-order valence-corrected chi connectivity index (χ3v) is 4.53. The average Bonchev–Trinajstić information content (AvgIpc) is 3.12. The molecule has 0 aliphatic carbocycles. The first-order chi connectivity index (χ1) is 11.7. The predicted octanol–water partition coefficient (Wildman–Crippen LogP) is 3.82. The van der Waals surface area contributed by atoms with E-state index in [2.05, 4.69) is 12.1 Å². The Labute approximate surface area is 143 Å². The molecule has 1 amide bonds. The van der Waals surface area contributed by atoms with Gasteiger partial charge in [-0.3, -0.25) is 4.79 Å². The number of amides is 1. The lowest BCUT2D eigenvalue weighted by atomic mass is 10.0. The summed E-state index contributed by atoms with van der Waals surface area (Å²) in [5.74, 6) is 0.931. The number of benzene rings is 2. The van der Waals surface area contributed by atoms with E-state index in [1.807, 2.05) is 41.3 Å². The van der Waals surface area contributed by atoms with Gasteiger partial charge in [0.25, 0.3) is 5.91 Å². The fraction of sp³-hybridized carbons (Fsp3) is 0.350. The molecule has 0 aromatic heterocycles. The van der Waals surface area contributed by atoms with Crippen molar-refractivity contribution in [2.45, 2.75) is 25.5 Å². The topological polar surface area (TPSA) is 38.8 Å². The normalized spacial score (nSPS) is 17.1. The van der Waals surface area contributed by atoms with Gasteiger partial charge in [0.05, 0.1) is 19.8 Å². The Balaban J connectivity index is 1.77. The van der Waals surface area contributed by atoms with Crippen LogP contribution < -0.4 is 4.74 Å². The zero-order valence-electron chi connectivity index (χ0n) is 14.2. The first-order valence-electron chi connectivity index (χ1n) is 8.25. The molecule has 3 rings (SSSR count). The highest BCUT2D eigenvalue weighted by atomic mass is 16.5. The lowest BCUT2D eigenvalue weighted by molar-refractivity contribution is 0.0735. The van der Waals surface area contributed by atoms with E-state index < -0.39 is 0 Å². The van der Waals surface area contributed by atoms with Crippen molar-refractivity contribution in [3.63, 3.8) is 0 Å². The van der Waals surface area contributed by atoms with E-state index in [1.54, 1.807) is 14.2 Å². The van der Waals surface area contributed by atoms with Gasteiger partial charge < -0.3 is 14.4 Å². The molecule has 1 atom stereocenters. The van der Waals surface area contributed by atoms with Crippen LogP contribution in [-0.4, -0.2) is 31.6 Å². The maximum absolute atomic E-state index is 12.9. The van der Waals surface area contributed by atoms with Gasteiger partial charge in [0.1, 0.15) is 5.75 Å². The first kappa shape index (κ1) is 16.5. The van der Waals surface area contributed by atoms with Gasteiger partial charge in [0, 0.05) is 19.2 Å². The molecule has 0 spiro atoms. The van der Waals surface area contributed by atoms with Crippen LogP contribution in [-0.2, 0) is 11.3 Å². The molecule has 4 nitrogen and oxygen atoms in total. The average molecular weight is 325 g/mol. The third-order valence-electron chi connectivity index (χ3n) is 4.53. The summed E-state index contributed by atoms with van der Waals surface area (Å²) in [6.07, 6.45) is 2.03. The summed E-state index contributed by atoms with van der Waals surface area (Å²) >= 11 is 0. The van der Waals surface area contributed by atoms with Crippen molar-refractivity contribution in [3.8, 4) is 5.75 Å². The van der Waals surface area contributed by atoms with Crippen molar-refractivity contribution in [1.82, 2.24) is 4.90 Å². The Morgan fingerprint density at radius 2 is 1.79 bits per heavy atom. The molecule has 0 N–H and O–H groups in total. The largest absolute Gasteiger partial charge is 0.497 e. The summed E-state index contributed by atoms with van der Waals surface area (Å²) in [4.78, 5) is 14.9. The maximum atomic E-state index is 12.9. The second kappa shape index (κ2) is 7.49. The molecule has 0 unspecified atom stereocenters. The van der Waals surface area contributed by atoms with Crippen LogP contribution in [0, 0.1) is 0 Å². The number of rotatable bonds is 5. The van der Waals surface area contributed by atoms with Crippen LogP contribution in [0.5, 0.6) is 5.75 Å². The first-order valence-corrected chi connectivity index (χ1v) is 8.25. The van der Waals surface area contributed by atoms with E-state index in [9.17, 15) is 4.79 Å². The lowest BCUT2D eigenvalue weighted by Gasteiger charge is -2.25. The molecule has 0 radical (unpaired) electrons. The number of hydrogen-bond acceptors (Lipinski definition) is 3. The van der Waals surface area contributed by atoms with Gasteiger partial charge >= 0.3 is 0 Å². The van der Waals surface area contributed by atoms with Crippen LogP contribution in [0.25, 0.3) is 0 Å². The van der Waals surface area contributed by atoms with Crippen molar-refractivity contribution >= 4 is 5.91 Å². The van der Waals surface area contributed by atoms with Gasteiger partial charge in [0.15, 0.2) is 0 Å². The van der Waals surface area contributed by atoms with Crippen LogP contribution in [0.4, 0.5) is 0 Å². The van der Waals surface area contributed by atoms with Gasteiger partial charge in [0.2, 0.25) is 0 Å². The minimum Gasteiger partial charge on any atom is -0.497 e. The van der Waals surface area contributed by atoms with Gasteiger partial charge in [-0.05, 0) is 48.2 Å². The molecule has 0 bridgehead atoms. The number of methoxy groups -OCH3 is 2. The van der Waals surface area contributed by atoms with E-state index in [0.29, 0.717) is 6.61 Å². The minimum absolute atomic E-state index is 0.0947. The number of likely N-dealkylation sites (tertiary alicyclic amines) is 1. The van der Waals surface area contributed by atoms with Gasteiger partial charge in [-0.1, -0.05) is 24.3 Å². The highest BCUT2D eigenvalue weighted by Gasteiger charge is 2.30. The third kappa shape index (κ3) is 3.44. The van der Waals surface area contributed by atoms with Gasteiger partial charge in [-0.15, -0.1) is 0 Å². The summed E-state index contributed by atoms with van der Waals surface area (Å²) in [6.45, 7) is 1.36. The van der Waals surface area contributed by atoms with E-state index in [1.165, 1.54) is 0 Å². The van der Waals surface area contributed by atoms with Gasteiger partial charge in [-0.2, -0.15) is 0 Å². The van der Waals surface area contributed by atoms with Crippen LogP contribution in [0.1, 0.15) is 40.4 Å². The second-order valence-electron chi connectivity index (χ2n) is 6.06. The maximum Gasteiger partial charge on any atom is 0.254 e. The van der Waals surface area contributed by atoms with E-state index in [4.69, 9.17) is 9.47 Å². The van der Waals surface area contributed by atoms with Crippen LogP contribution in [0.15, 0.2) is 48.5 Å². The smallest absolute Gasteiger partial charge is 0.254 e. The van der Waals surface area contributed by atoms with E-state index in [-0.39, 0.29) is 11.9 Å². The molecule has 0 saturated carbocycles. The molecule has 1 saturated heterocycles. The zero-order valence-corrected chi connectivity index (χ0v) is 14.2. The Bertz CT molecular complexity index is 679. The zero-order chi connectivity index (χ0) is 16.9. The summed E-state index contributed by atoms with van der Waals surface area (Å²) in [7, 11) is 3.33. The van der Waals surface area contributed by atoms with E-state index >= 15 is 0 Å². The number of nitrogens with zero attached hydrogens (tertiary/aromatic N) is 1. The monoisotopic (exact) mass is 325 g/mol. The van der Waals surface area contributed by atoms with E-state index in [0.717, 1.165) is 41.8 Å². The molecular formula is C20H23NO3. The highest BCUT2D eigenvalue weighted by molar-refractivity contribution is 5.94. The molecule has 1 aliphatic heterocycles. The second-order valence-corrected chi connectivity index (χ2v) is 6.06. The number of hydrogen-bond donors (Lipinski definition) is 0. The summed E-state index contributed by atoms with van der Waals surface area (Å²) in [5.41, 5.74) is 2.97. The number of carbonyl (C=O) groups excluding carboxylic acids is 1.